The summed E-state index contributed by atoms with van der Waals surface area (Å²) in [4.78, 5) is 34.3. The number of aryl methyl sites for hydroxylation is 1. The third-order valence-electron chi connectivity index (χ3n) is 6.89. The van der Waals surface area contributed by atoms with Crippen molar-refractivity contribution in [3.05, 3.63) is 107 Å². The molecule has 7 nitrogen and oxygen atoms in total. The van der Waals surface area contributed by atoms with E-state index in [-0.39, 0.29) is 11.5 Å². The fraction of sp³-hybridized carbons (Fsp3) is 0.300. The van der Waals surface area contributed by atoms with Crippen LogP contribution in [-0.2, 0) is 24.4 Å². The number of rotatable bonds is 9. The Morgan fingerprint density at radius 1 is 0.784 bits per heavy atom. The summed E-state index contributed by atoms with van der Waals surface area (Å²) in [5, 5.41) is 3.57. The molecule has 37 heavy (non-hydrogen) atoms. The third kappa shape index (κ3) is 6.70. The van der Waals surface area contributed by atoms with Crippen LogP contribution in [-0.4, -0.2) is 51.4 Å². The minimum absolute atomic E-state index is 0.0518. The lowest BCUT2D eigenvalue weighted by atomic mass is 10.1. The van der Waals surface area contributed by atoms with Crippen LogP contribution in [0.15, 0.2) is 90.0 Å². The van der Waals surface area contributed by atoms with Crippen LogP contribution in [0.1, 0.15) is 24.0 Å². The van der Waals surface area contributed by atoms with E-state index in [0.717, 1.165) is 45.0 Å². The molecule has 1 aromatic heterocycles. The smallest absolute Gasteiger partial charge is 0.261 e. The maximum absolute atomic E-state index is 12.6. The number of fused-ring (bicyclic) bond motifs is 1. The molecule has 1 saturated heterocycles. The maximum atomic E-state index is 12.6. The van der Waals surface area contributed by atoms with Gasteiger partial charge in [-0.1, -0.05) is 54.6 Å². The largest absolute Gasteiger partial charge is 0.326 e. The Bertz CT molecular complexity index is 1380. The van der Waals surface area contributed by atoms with Gasteiger partial charge in [-0.15, -0.1) is 0 Å². The van der Waals surface area contributed by atoms with Crippen molar-refractivity contribution in [2.24, 2.45) is 0 Å². The van der Waals surface area contributed by atoms with Gasteiger partial charge in [0.1, 0.15) is 0 Å². The molecule has 2 heterocycles. The number of anilines is 1. The Kier molecular flexibility index (Phi) is 8.03. The number of nitrogens with zero attached hydrogens (tertiary/aromatic N) is 4. The van der Waals surface area contributed by atoms with Gasteiger partial charge in [0, 0.05) is 57.9 Å². The number of carbonyl (C=O) groups is 1. The summed E-state index contributed by atoms with van der Waals surface area (Å²) in [6.07, 6.45) is 2.47. The Morgan fingerprint density at radius 3 is 2.11 bits per heavy atom. The van der Waals surface area contributed by atoms with E-state index >= 15 is 0 Å². The predicted octanol–water partition coefficient (Wildman–Crippen LogP) is 4.13. The molecule has 4 aromatic rings. The standard InChI is InChI=1S/C30H33N5O2/c36-29(11-6-16-35-23-31-28-10-5-4-9-27(28)30(35)37)32-26-14-12-25(13-15-26)22-34-19-17-33(18-20-34)21-24-7-2-1-3-8-24/h1-5,7-10,12-15,23H,6,11,16-22H2,(H,32,36). The van der Waals surface area contributed by atoms with Gasteiger partial charge >= 0.3 is 0 Å². The molecule has 0 aliphatic carbocycles. The summed E-state index contributed by atoms with van der Waals surface area (Å²) in [5.74, 6) is -0.0518. The van der Waals surface area contributed by atoms with E-state index in [1.54, 1.807) is 17.0 Å². The number of hydrogen-bond donors (Lipinski definition) is 1. The number of piperazine rings is 1. The van der Waals surface area contributed by atoms with Gasteiger partial charge in [0.25, 0.3) is 5.56 Å². The average Bonchev–Trinajstić information content (AvgIpc) is 2.93. The second-order valence-corrected chi connectivity index (χ2v) is 9.65. The van der Waals surface area contributed by atoms with Gasteiger partial charge < -0.3 is 5.32 Å². The molecule has 0 radical (unpaired) electrons. The molecule has 1 amide bonds. The van der Waals surface area contributed by atoms with Crippen LogP contribution in [0.5, 0.6) is 0 Å². The molecule has 1 N–H and O–H groups in total. The lowest BCUT2D eigenvalue weighted by Crippen LogP contribution is -2.45. The highest BCUT2D eigenvalue weighted by Crippen LogP contribution is 2.15. The molecule has 0 saturated carbocycles. The van der Waals surface area contributed by atoms with Gasteiger partial charge in [0.2, 0.25) is 5.91 Å². The molecule has 1 fully saturated rings. The fourth-order valence-electron chi connectivity index (χ4n) is 4.80. The lowest BCUT2D eigenvalue weighted by molar-refractivity contribution is -0.116. The zero-order valence-electron chi connectivity index (χ0n) is 21.1. The van der Waals surface area contributed by atoms with E-state index in [1.165, 1.54) is 11.1 Å². The number of benzene rings is 3. The normalized spacial score (nSPS) is 14.6. The van der Waals surface area contributed by atoms with E-state index in [1.807, 2.05) is 30.3 Å². The number of amides is 1. The van der Waals surface area contributed by atoms with Gasteiger partial charge in [-0.3, -0.25) is 24.0 Å². The molecule has 7 heteroatoms. The number of para-hydroxylation sites is 1. The maximum Gasteiger partial charge on any atom is 0.261 e. The van der Waals surface area contributed by atoms with Crippen LogP contribution in [0.2, 0.25) is 0 Å². The summed E-state index contributed by atoms with van der Waals surface area (Å²) in [6.45, 7) is 6.65. The highest BCUT2D eigenvalue weighted by molar-refractivity contribution is 5.90. The van der Waals surface area contributed by atoms with Crippen LogP contribution in [0, 0.1) is 0 Å². The highest BCUT2D eigenvalue weighted by atomic mass is 16.1. The number of hydrogen-bond acceptors (Lipinski definition) is 5. The Morgan fingerprint density at radius 2 is 1.41 bits per heavy atom. The number of aromatic nitrogens is 2. The Hall–Kier alpha value is -3.81. The van der Waals surface area contributed by atoms with Crippen LogP contribution < -0.4 is 10.9 Å². The van der Waals surface area contributed by atoms with E-state index in [0.29, 0.717) is 30.3 Å². The predicted molar refractivity (Wildman–Crippen MR) is 147 cm³/mol. The first-order valence-corrected chi connectivity index (χ1v) is 13.0. The molecule has 1 aliphatic heterocycles. The minimum atomic E-state index is -0.0702. The van der Waals surface area contributed by atoms with Gasteiger partial charge in [-0.05, 0) is 41.8 Å². The first-order valence-electron chi connectivity index (χ1n) is 13.0. The van der Waals surface area contributed by atoms with Gasteiger partial charge in [-0.25, -0.2) is 4.98 Å². The van der Waals surface area contributed by atoms with E-state index < -0.39 is 0 Å². The van der Waals surface area contributed by atoms with Crippen molar-refractivity contribution in [3.63, 3.8) is 0 Å². The van der Waals surface area contributed by atoms with Crippen molar-refractivity contribution in [2.75, 3.05) is 31.5 Å². The molecule has 0 unspecified atom stereocenters. The van der Waals surface area contributed by atoms with Gasteiger partial charge in [-0.2, -0.15) is 0 Å². The van der Waals surface area contributed by atoms with E-state index in [9.17, 15) is 9.59 Å². The molecular weight excluding hydrogens is 462 g/mol. The van der Waals surface area contributed by atoms with Crippen LogP contribution in [0.3, 0.4) is 0 Å². The Labute approximate surface area is 217 Å². The first kappa shape index (κ1) is 24.9. The average molecular weight is 496 g/mol. The molecule has 0 spiro atoms. The van der Waals surface area contributed by atoms with Crippen molar-refractivity contribution in [1.82, 2.24) is 19.4 Å². The van der Waals surface area contributed by atoms with Crippen LogP contribution in [0.4, 0.5) is 5.69 Å². The van der Waals surface area contributed by atoms with Crippen molar-refractivity contribution in [2.45, 2.75) is 32.5 Å². The van der Waals surface area contributed by atoms with Crippen molar-refractivity contribution in [3.8, 4) is 0 Å². The zero-order valence-corrected chi connectivity index (χ0v) is 21.1. The fourth-order valence-corrected chi connectivity index (χ4v) is 4.80. The topological polar surface area (TPSA) is 70.5 Å². The van der Waals surface area contributed by atoms with Gasteiger partial charge in [0.05, 0.1) is 17.2 Å². The van der Waals surface area contributed by atoms with Crippen molar-refractivity contribution >= 4 is 22.5 Å². The summed E-state index contributed by atoms with van der Waals surface area (Å²) < 4.78 is 1.58. The van der Waals surface area contributed by atoms with Gasteiger partial charge in [0.15, 0.2) is 0 Å². The Balaban J connectivity index is 1.04. The van der Waals surface area contributed by atoms with Crippen LogP contribution >= 0.6 is 0 Å². The minimum Gasteiger partial charge on any atom is -0.326 e. The first-order chi connectivity index (χ1) is 18.1. The number of nitrogens with one attached hydrogen (secondary N) is 1. The third-order valence-corrected chi connectivity index (χ3v) is 6.89. The molecule has 1 aliphatic rings. The van der Waals surface area contributed by atoms with Crippen molar-refractivity contribution in [1.29, 1.82) is 0 Å². The highest BCUT2D eigenvalue weighted by Gasteiger charge is 2.17. The summed E-state index contributed by atoms with van der Waals surface area (Å²) in [6, 6.07) is 26.1. The lowest BCUT2D eigenvalue weighted by Gasteiger charge is -2.34. The zero-order chi connectivity index (χ0) is 25.5. The van der Waals surface area contributed by atoms with E-state index in [4.69, 9.17) is 0 Å². The summed E-state index contributed by atoms with van der Waals surface area (Å²) >= 11 is 0. The number of carbonyl (C=O) groups excluding carboxylic acids is 1. The summed E-state index contributed by atoms with van der Waals surface area (Å²) in [5.41, 5.74) is 4.03. The monoisotopic (exact) mass is 495 g/mol. The molecule has 0 bridgehead atoms. The molecule has 190 valence electrons. The quantitative estimate of drug-likeness (QED) is 0.378. The van der Waals surface area contributed by atoms with Crippen molar-refractivity contribution < 1.29 is 4.79 Å². The SMILES string of the molecule is O=C(CCCn1cnc2ccccc2c1=O)Nc1ccc(CN2CCN(Cc3ccccc3)CC2)cc1. The van der Waals surface area contributed by atoms with E-state index in [2.05, 4.69) is 62.6 Å². The second-order valence-electron chi connectivity index (χ2n) is 9.65. The van der Waals surface area contributed by atoms with Crippen LogP contribution in [0.25, 0.3) is 10.9 Å². The summed E-state index contributed by atoms with van der Waals surface area (Å²) in [7, 11) is 0. The second kappa shape index (κ2) is 12.0. The molecule has 0 atom stereocenters. The molecular formula is C30H33N5O2. The molecule has 5 rings (SSSR count). The molecule has 3 aromatic carbocycles.